The molecule has 0 aliphatic rings. The average Bonchev–Trinajstić information content (AvgIpc) is 2.28. The zero-order valence-corrected chi connectivity index (χ0v) is 10.1. The summed E-state index contributed by atoms with van der Waals surface area (Å²) in [5.41, 5.74) is 0.211. The molecular weight excluding hydrogens is 226 g/mol. The molecule has 1 rings (SSSR count). The molecule has 1 atom stereocenters. The third-order valence-corrected chi connectivity index (χ3v) is 2.42. The first-order chi connectivity index (χ1) is 7.91. The Balaban J connectivity index is 2.61. The van der Waals surface area contributed by atoms with E-state index in [1.807, 2.05) is 0 Å². The molecule has 1 N–H and O–H groups in total. The van der Waals surface area contributed by atoms with Gasteiger partial charge in [-0.25, -0.2) is 8.78 Å². The molecule has 0 fully saturated rings. The van der Waals surface area contributed by atoms with E-state index in [9.17, 15) is 13.6 Å². The lowest BCUT2D eigenvalue weighted by Gasteiger charge is -2.18. The molecule has 1 aromatic carbocycles. The van der Waals surface area contributed by atoms with Crippen molar-refractivity contribution < 1.29 is 13.6 Å². The summed E-state index contributed by atoms with van der Waals surface area (Å²) in [4.78, 5) is 13.0. The van der Waals surface area contributed by atoms with Crippen LogP contribution in [0.5, 0.6) is 0 Å². The lowest BCUT2D eigenvalue weighted by molar-refractivity contribution is -0.130. The van der Waals surface area contributed by atoms with Crippen molar-refractivity contribution in [3.05, 3.63) is 35.4 Å². The van der Waals surface area contributed by atoms with Crippen molar-refractivity contribution in [2.75, 3.05) is 14.1 Å². The highest BCUT2D eigenvalue weighted by atomic mass is 19.1. The van der Waals surface area contributed by atoms with Crippen molar-refractivity contribution in [2.24, 2.45) is 0 Å². The SMILES string of the molecule is CC(NCc1cc(F)ccc1F)C(=O)N(C)C. The second-order valence-corrected chi connectivity index (χ2v) is 4.07. The molecule has 0 heterocycles. The van der Waals surface area contributed by atoms with E-state index in [1.165, 1.54) is 4.90 Å². The van der Waals surface area contributed by atoms with Gasteiger partial charge in [-0.1, -0.05) is 0 Å². The number of benzene rings is 1. The van der Waals surface area contributed by atoms with Crippen LogP contribution in [0.2, 0.25) is 0 Å². The maximum atomic E-state index is 13.3. The number of nitrogens with one attached hydrogen (secondary N) is 1. The molecule has 0 aliphatic carbocycles. The summed E-state index contributed by atoms with van der Waals surface area (Å²) < 4.78 is 26.2. The largest absolute Gasteiger partial charge is 0.347 e. The van der Waals surface area contributed by atoms with Crippen LogP contribution in [-0.4, -0.2) is 30.9 Å². The number of hydrogen-bond acceptors (Lipinski definition) is 2. The number of carbonyl (C=O) groups excluding carboxylic acids is 1. The molecule has 1 amide bonds. The van der Waals surface area contributed by atoms with Crippen LogP contribution in [0, 0.1) is 11.6 Å². The first-order valence-corrected chi connectivity index (χ1v) is 5.30. The Kier molecular flexibility index (Phi) is 4.57. The standard InChI is InChI=1S/C12H16F2N2O/c1-8(12(17)16(2)3)15-7-9-6-10(13)4-5-11(9)14/h4-6,8,15H,7H2,1-3H3. The van der Waals surface area contributed by atoms with E-state index in [4.69, 9.17) is 0 Å². The normalized spacial score (nSPS) is 12.3. The minimum Gasteiger partial charge on any atom is -0.347 e. The van der Waals surface area contributed by atoms with Crippen LogP contribution in [0.3, 0.4) is 0 Å². The molecule has 3 nitrogen and oxygen atoms in total. The van der Waals surface area contributed by atoms with E-state index in [1.54, 1.807) is 21.0 Å². The zero-order chi connectivity index (χ0) is 13.0. The summed E-state index contributed by atoms with van der Waals surface area (Å²) >= 11 is 0. The second-order valence-electron chi connectivity index (χ2n) is 4.07. The Morgan fingerprint density at radius 1 is 1.41 bits per heavy atom. The number of amides is 1. The van der Waals surface area contributed by atoms with Crippen molar-refractivity contribution in [2.45, 2.75) is 19.5 Å². The number of carbonyl (C=O) groups is 1. The summed E-state index contributed by atoms with van der Waals surface area (Å²) in [5.74, 6) is -1.08. The van der Waals surface area contributed by atoms with E-state index in [2.05, 4.69) is 5.32 Å². The van der Waals surface area contributed by atoms with Gasteiger partial charge in [-0.05, 0) is 25.1 Å². The Labute approximate surface area is 99.4 Å². The van der Waals surface area contributed by atoms with E-state index in [0.29, 0.717) is 0 Å². The van der Waals surface area contributed by atoms with Gasteiger partial charge in [0.05, 0.1) is 6.04 Å². The van der Waals surface area contributed by atoms with Gasteiger partial charge in [0.25, 0.3) is 0 Å². The van der Waals surface area contributed by atoms with Crippen LogP contribution in [0.4, 0.5) is 8.78 Å². The molecule has 0 bridgehead atoms. The monoisotopic (exact) mass is 242 g/mol. The fraction of sp³-hybridized carbons (Fsp3) is 0.417. The summed E-state index contributed by atoms with van der Waals surface area (Å²) in [7, 11) is 3.28. The highest BCUT2D eigenvalue weighted by Gasteiger charge is 2.14. The number of halogens is 2. The van der Waals surface area contributed by atoms with Crippen LogP contribution in [-0.2, 0) is 11.3 Å². The van der Waals surface area contributed by atoms with Gasteiger partial charge in [0.15, 0.2) is 0 Å². The number of rotatable bonds is 4. The van der Waals surface area contributed by atoms with Crippen LogP contribution < -0.4 is 5.32 Å². The van der Waals surface area contributed by atoms with Crippen molar-refractivity contribution in [3.63, 3.8) is 0 Å². The molecule has 1 unspecified atom stereocenters. The van der Waals surface area contributed by atoms with Crippen LogP contribution in [0.1, 0.15) is 12.5 Å². The van der Waals surface area contributed by atoms with Crippen molar-refractivity contribution in [1.82, 2.24) is 10.2 Å². The molecule has 1 aromatic rings. The lowest BCUT2D eigenvalue weighted by Crippen LogP contribution is -2.41. The summed E-state index contributed by atoms with van der Waals surface area (Å²) in [6.45, 7) is 1.80. The highest BCUT2D eigenvalue weighted by molar-refractivity contribution is 5.80. The summed E-state index contributed by atoms with van der Waals surface area (Å²) in [6, 6.07) is 2.82. The fourth-order valence-corrected chi connectivity index (χ4v) is 1.42. The van der Waals surface area contributed by atoms with Crippen molar-refractivity contribution in [1.29, 1.82) is 0 Å². The molecule has 0 saturated carbocycles. The minimum atomic E-state index is -0.491. The molecular formula is C12H16F2N2O. The number of nitrogens with zero attached hydrogens (tertiary/aromatic N) is 1. The molecule has 17 heavy (non-hydrogen) atoms. The van der Waals surface area contributed by atoms with E-state index >= 15 is 0 Å². The molecule has 0 aliphatic heterocycles. The first-order valence-electron chi connectivity index (χ1n) is 5.30. The quantitative estimate of drug-likeness (QED) is 0.868. The number of hydrogen-bond donors (Lipinski definition) is 1. The van der Waals surface area contributed by atoms with Gasteiger partial charge in [-0.2, -0.15) is 0 Å². The van der Waals surface area contributed by atoms with Gasteiger partial charge < -0.3 is 10.2 Å². The van der Waals surface area contributed by atoms with Crippen LogP contribution in [0.15, 0.2) is 18.2 Å². The Morgan fingerprint density at radius 3 is 2.65 bits per heavy atom. The molecule has 0 spiro atoms. The van der Waals surface area contributed by atoms with Gasteiger partial charge in [-0.15, -0.1) is 0 Å². The average molecular weight is 242 g/mol. The predicted octanol–water partition coefficient (Wildman–Crippen LogP) is 1.53. The van der Waals surface area contributed by atoms with Crippen molar-refractivity contribution >= 4 is 5.91 Å². The molecule has 0 radical (unpaired) electrons. The van der Waals surface area contributed by atoms with Gasteiger partial charge in [0, 0.05) is 26.2 Å². The van der Waals surface area contributed by atoms with Crippen molar-refractivity contribution in [3.8, 4) is 0 Å². The molecule has 0 saturated heterocycles. The highest BCUT2D eigenvalue weighted by Crippen LogP contribution is 2.09. The Bertz CT molecular complexity index is 407. The first kappa shape index (κ1) is 13.6. The minimum absolute atomic E-state index is 0.109. The van der Waals surface area contributed by atoms with Gasteiger partial charge in [-0.3, -0.25) is 4.79 Å². The summed E-state index contributed by atoms with van der Waals surface area (Å²) in [5, 5.41) is 2.85. The van der Waals surface area contributed by atoms with Gasteiger partial charge in [0.2, 0.25) is 5.91 Å². The predicted molar refractivity (Wildman–Crippen MR) is 61.4 cm³/mol. The Hall–Kier alpha value is -1.49. The zero-order valence-electron chi connectivity index (χ0n) is 10.1. The maximum Gasteiger partial charge on any atom is 0.238 e. The molecule has 0 aromatic heterocycles. The second kappa shape index (κ2) is 5.72. The molecule has 94 valence electrons. The van der Waals surface area contributed by atoms with E-state index in [0.717, 1.165) is 18.2 Å². The number of likely N-dealkylation sites (N-methyl/N-ethyl adjacent to an activating group) is 1. The maximum absolute atomic E-state index is 13.3. The lowest BCUT2D eigenvalue weighted by atomic mass is 10.2. The Morgan fingerprint density at radius 2 is 2.06 bits per heavy atom. The van der Waals surface area contributed by atoms with Gasteiger partial charge in [0.1, 0.15) is 11.6 Å². The smallest absolute Gasteiger partial charge is 0.238 e. The van der Waals surface area contributed by atoms with E-state index < -0.39 is 17.7 Å². The third kappa shape index (κ3) is 3.78. The molecule has 5 heteroatoms. The third-order valence-electron chi connectivity index (χ3n) is 2.42. The van der Waals surface area contributed by atoms with Gasteiger partial charge >= 0.3 is 0 Å². The van der Waals surface area contributed by atoms with Crippen LogP contribution >= 0.6 is 0 Å². The van der Waals surface area contributed by atoms with E-state index in [-0.39, 0.29) is 18.0 Å². The van der Waals surface area contributed by atoms with Crippen LogP contribution in [0.25, 0.3) is 0 Å². The topological polar surface area (TPSA) is 32.3 Å². The summed E-state index contributed by atoms with van der Waals surface area (Å²) in [6.07, 6.45) is 0. The fourth-order valence-electron chi connectivity index (χ4n) is 1.42.